The summed E-state index contributed by atoms with van der Waals surface area (Å²) in [5.41, 5.74) is 3.49. The quantitative estimate of drug-likeness (QED) is 0.674. The van der Waals surface area contributed by atoms with Crippen LogP contribution in [0, 0.1) is 0 Å². The zero-order valence-electron chi connectivity index (χ0n) is 11.4. The molecule has 0 saturated carbocycles. The third kappa shape index (κ3) is 2.68. The monoisotopic (exact) mass is 266 g/mol. The molecule has 1 unspecified atom stereocenters. The molecule has 1 heterocycles. The minimum Gasteiger partial charge on any atom is -0.508 e. The third-order valence-corrected chi connectivity index (χ3v) is 3.60. The van der Waals surface area contributed by atoms with E-state index in [-0.39, 0.29) is 6.04 Å². The molecule has 102 valence electrons. The predicted molar refractivity (Wildman–Crippen MR) is 81.7 cm³/mol. The molecule has 1 aromatic heterocycles. The Bertz CT molecular complexity index is 718. The van der Waals surface area contributed by atoms with E-state index in [1.807, 2.05) is 18.3 Å². The Hall–Kier alpha value is -2.26. The number of nitrogens with one attached hydrogen (secondary N) is 2. The molecule has 0 radical (unpaired) electrons. The summed E-state index contributed by atoms with van der Waals surface area (Å²) in [7, 11) is 0. The normalized spacial score (nSPS) is 12.7. The Morgan fingerprint density at radius 1 is 1.15 bits per heavy atom. The van der Waals surface area contributed by atoms with Gasteiger partial charge in [0.15, 0.2) is 0 Å². The molecule has 0 amide bonds. The van der Waals surface area contributed by atoms with Crippen LogP contribution < -0.4 is 5.32 Å². The van der Waals surface area contributed by atoms with Crippen molar-refractivity contribution in [2.45, 2.75) is 19.5 Å². The predicted octanol–water partition coefficient (Wildman–Crippen LogP) is 3.72. The highest BCUT2D eigenvalue weighted by Gasteiger charge is 2.06. The van der Waals surface area contributed by atoms with Crippen molar-refractivity contribution in [3.8, 4) is 5.75 Å². The van der Waals surface area contributed by atoms with Gasteiger partial charge in [-0.15, -0.1) is 0 Å². The Morgan fingerprint density at radius 3 is 2.90 bits per heavy atom. The second kappa shape index (κ2) is 5.39. The van der Waals surface area contributed by atoms with Crippen molar-refractivity contribution in [3.05, 3.63) is 65.9 Å². The topological polar surface area (TPSA) is 48.0 Å². The molecule has 20 heavy (non-hydrogen) atoms. The summed E-state index contributed by atoms with van der Waals surface area (Å²) in [5, 5.41) is 14.2. The average Bonchev–Trinajstić information content (AvgIpc) is 2.92. The molecule has 3 heteroatoms. The maximum atomic E-state index is 9.51. The van der Waals surface area contributed by atoms with Crippen LogP contribution in [0.3, 0.4) is 0 Å². The molecule has 0 aliphatic rings. The molecule has 0 aliphatic heterocycles. The lowest BCUT2D eigenvalue weighted by molar-refractivity contribution is 0.472. The maximum Gasteiger partial charge on any atom is 0.115 e. The fourth-order valence-electron chi connectivity index (χ4n) is 2.39. The number of benzene rings is 2. The van der Waals surface area contributed by atoms with Gasteiger partial charge in [-0.05, 0) is 47.7 Å². The molecule has 0 spiro atoms. The average molecular weight is 266 g/mol. The van der Waals surface area contributed by atoms with Gasteiger partial charge in [0.2, 0.25) is 0 Å². The zero-order valence-corrected chi connectivity index (χ0v) is 11.4. The third-order valence-electron chi connectivity index (χ3n) is 3.60. The molecule has 1 atom stereocenters. The highest BCUT2D eigenvalue weighted by molar-refractivity contribution is 5.79. The molecule has 0 aliphatic carbocycles. The standard InChI is InChI=1S/C17H18N2O/c1-12(15-3-2-4-16(20)10-15)19-11-13-5-6-14-7-8-18-17(14)9-13/h2-10,12,18-20H,11H2,1H3. The van der Waals surface area contributed by atoms with Crippen LogP contribution in [-0.2, 0) is 6.54 Å². The number of fused-ring (bicyclic) bond motifs is 1. The molecule has 3 N–H and O–H groups in total. The molecule has 2 aromatic carbocycles. The van der Waals surface area contributed by atoms with Crippen LogP contribution in [0.1, 0.15) is 24.1 Å². The van der Waals surface area contributed by atoms with Crippen molar-refractivity contribution >= 4 is 10.9 Å². The van der Waals surface area contributed by atoms with Crippen LogP contribution >= 0.6 is 0 Å². The van der Waals surface area contributed by atoms with E-state index in [1.54, 1.807) is 12.1 Å². The van der Waals surface area contributed by atoms with Gasteiger partial charge in [-0.2, -0.15) is 0 Å². The van der Waals surface area contributed by atoms with Crippen molar-refractivity contribution in [1.29, 1.82) is 0 Å². The van der Waals surface area contributed by atoms with Crippen LogP contribution in [0.15, 0.2) is 54.7 Å². The summed E-state index contributed by atoms with van der Waals surface area (Å²) in [4.78, 5) is 3.23. The van der Waals surface area contributed by atoms with Gasteiger partial charge in [-0.3, -0.25) is 0 Å². The first kappa shape index (κ1) is 12.8. The van der Waals surface area contributed by atoms with Crippen molar-refractivity contribution in [1.82, 2.24) is 10.3 Å². The lowest BCUT2D eigenvalue weighted by atomic mass is 10.1. The minimum atomic E-state index is 0.196. The number of aromatic hydroxyl groups is 1. The van der Waals surface area contributed by atoms with Gasteiger partial charge >= 0.3 is 0 Å². The molecule has 0 bridgehead atoms. The molecule has 3 rings (SSSR count). The van der Waals surface area contributed by atoms with E-state index >= 15 is 0 Å². The fourth-order valence-corrected chi connectivity index (χ4v) is 2.39. The van der Waals surface area contributed by atoms with E-state index in [2.05, 4.69) is 41.5 Å². The first-order valence-electron chi connectivity index (χ1n) is 6.81. The second-order valence-corrected chi connectivity index (χ2v) is 5.10. The summed E-state index contributed by atoms with van der Waals surface area (Å²) in [6.07, 6.45) is 1.96. The lowest BCUT2D eigenvalue weighted by Gasteiger charge is -2.14. The molecule has 3 nitrogen and oxygen atoms in total. The van der Waals surface area contributed by atoms with E-state index in [1.165, 1.54) is 10.9 Å². The number of phenolic OH excluding ortho intramolecular Hbond substituents is 1. The van der Waals surface area contributed by atoms with Crippen LogP contribution in [0.5, 0.6) is 5.75 Å². The van der Waals surface area contributed by atoms with Gasteiger partial charge in [-0.25, -0.2) is 0 Å². The van der Waals surface area contributed by atoms with Crippen LogP contribution in [-0.4, -0.2) is 10.1 Å². The highest BCUT2D eigenvalue weighted by Crippen LogP contribution is 2.19. The van der Waals surface area contributed by atoms with Crippen LogP contribution in [0.25, 0.3) is 10.9 Å². The molecule has 0 saturated heterocycles. The lowest BCUT2D eigenvalue weighted by Crippen LogP contribution is -2.17. The number of aromatic amines is 1. The number of phenols is 1. The Morgan fingerprint density at radius 2 is 2.05 bits per heavy atom. The van der Waals surface area contributed by atoms with Crippen molar-refractivity contribution in [2.24, 2.45) is 0 Å². The molecule has 3 aromatic rings. The second-order valence-electron chi connectivity index (χ2n) is 5.10. The SMILES string of the molecule is CC(NCc1ccc2cc[nH]c2c1)c1cccc(O)c1. The Kier molecular flexibility index (Phi) is 3.44. The Labute approximate surface area is 118 Å². The first-order valence-corrected chi connectivity index (χ1v) is 6.81. The maximum absolute atomic E-state index is 9.51. The van der Waals surface area contributed by atoms with E-state index in [9.17, 15) is 5.11 Å². The van der Waals surface area contributed by atoms with E-state index in [0.29, 0.717) is 5.75 Å². The fraction of sp³-hybridized carbons (Fsp3) is 0.176. The molecular formula is C17H18N2O. The van der Waals surface area contributed by atoms with Gasteiger partial charge in [0.1, 0.15) is 5.75 Å². The number of aromatic nitrogens is 1. The van der Waals surface area contributed by atoms with Gasteiger partial charge < -0.3 is 15.4 Å². The van der Waals surface area contributed by atoms with Gasteiger partial charge in [0.05, 0.1) is 0 Å². The largest absolute Gasteiger partial charge is 0.508 e. The summed E-state index contributed by atoms with van der Waals surface area (Å²) in [6.45, 7) is 2.90. The van der Waals surface area contributed by atoms with Crippen LogP contribution in [0.4, 0.5) is 0 Å². The number of hydrogen-bond acceptors (Lipinski definition) is 2. The smallest absolute Gasteiger partial charge is 0.115 e. The summed E-state index contributed by atoms with van der Waals surface area (Å²) in [6, 6.07) is 16.1. The summed E-state index contributed by atoms with van der Waals surface area (Å²) >= 11 is 0. The summed E-state index contributed by atoms with van der Waals surface area (Å²) in [5.74, 6) is 0.309. The first-order chi connectivity index (χ1) is 9.72. The number of rotatable bonds is 4. The number of hydrogen-bond donors (Lipinski definition) is 3. The summed E-state index contributed by atoms with van der Waals surface area (Å²) < 4.78 is 0. The van der Waals surface area contributed by atoms with Crippen molar-refractivity contribution < 1.29 is 5.11 Å². The van der Waals surface area contributed by atoms with E-state index in [0.717, 1.165) is 17.6 Å². The van der Waals surface area contributed by atoms with Gasteiger partial charge in [0, 0.05) is 24.3 Å². The minimum absolute atomic E-state index is 0.196. The molecule has 0 fully saturated rings. The van der Waals surface area contributed by atoms with Crippen molar-refractivity contribution in [3.63, 3.8) is 0 Å². The van der Waals surface area contributed by atoms with Crippen molar-refractivity contribution in [2.75, 3.05) is 0 Å². The van der Waals surface area contributed by atoms with E-state index in [4.69, 9.17) is 0 Å². The van der Waals surface area contributed by atoms with Gasteiger partial charge in [0.25, 0.3) is 0 Å². The van der Waals surface area contributed by atoms with E-state index < -0.39 is 0 Å². The molecular weight excluding hydrogens is 248 g/mol. The highest BCUT2D eigenvalue weighted by atomic mass is 16.3. The number of H-pyrrole nitrogens is 1. The zero-order chi connectivity index (χ0) is 13.9. The Balaban J connectivity index is 1.69. The van der Waals surface area contributed by atoms with Crippen LogP contribution in [0.2, 0.25) is 0 Å². The van der Waals surface area contributed by atoms with Gasteiger partial charge in [-0.1, -0.05) is 24.3 Å².